The van der Waals surface area contributed by atoms with Crippen LogP contribution in [0.25, 0.3) is 0 Å². The summed E-state index contributed by atoms with van der Waals surface area (Å²) in [5.74, 6) is 1.07. The number of aliphatic hydroxyl groups is 1. The van der Waals surface area contributed by atoms with Gasteiger partial charge in [0.05, 0.1) is 5.60 Å². The minimum atomic E-state index is -0.402. The Morgan fingerprint density at radius 2 is 2.45 bits per heavy atom. The number of piperidine rings is 1. The van der Waals surface area contributed by atoms with Crippen LogP contribution in [-0.2, 0) is 0 Å². The van der Waals surface area contributed by atoms with E-state index in [1.54, 1.807) is 11.8 Å². The smallest absolute Gasteiger partial charge is 0.0779 e. The molecule has 0 spiro atoms. The number of hydrogen-bond acceptors (Lipinski definition) is 3. The first-order valence-corrected chi connectivity index (χ1v) is 5.58. The summed E-state index contributed by atoms with van der Waals surface area (Å²) in [6.07, 6.45) is 5.10. The first-order chi connectivity index (χ1) is 5.27. The minimum Gasteiger partial charge on any atom is -0.389 e. The fourth-order valence-electron chi connectivity index (χ4n) is 1.46. The Kier molecular flexibility index (Phi) is 3.69. The van der Waals surface area contributed by atoms with E-state index in [1.807, 2.05) is 0 Å². The number of hydrogen-bond donors (Lipinski definition) is 2. The quantitative estimate of drug-likeness (QED) is 0.667. The summed E-state index contributed by atoms with van der Waals surface area (Å²) in [6, 6.07) is 0. The molecule has 1 rings (SSSR count). The van der Waals surface area contributed by atoms with Gasteiger partial charge in [0.25, 0.3) is 0 Å². The lowest BCUT2D eigenvalue weighted by Crippen LogP contribution is -2.45. The van der Waals surface area contributed by atoms with Gasteiger partial charge in [0, 0.05) is 6.54 Å². The lowest BCUT2D eigenvalue weighted by atomic mass is 9.92. The zero-order valence-corrected chi connectivity index (χ0v) is 7.91. The Morgan fingerprint density at radius 3 is 3.00 bits per heavy atom. The molecule has 1 aliphatic heterocycles. The Balaban J connectivity index is 2.25. The monoisotopic (exact) mass is 175 g/mol. The van der Waals surface area contributed by atoms with Crippen molar-refractivity contribution in [2.45, 2.75) is 24.9 Å². The van der Waals surface area contributed by atoms with Gasteiger partial charge >= 0.3 is 0 Å². The van der Waals surface area contributed by atoms with Gasteiger partial charge in [0.15, 0.2) is 0 Å². The van der Waals surface area contributed by atoms with Gasteiger partial charge in [0.2, 0.25) is 0 Å². The molecule has 0 amide bonds. The summed E-state index contributed by atoms with van der Waals surface area (Å²) in [5.41, 5.74) is -0.402. The molecule has 0 aromatic heterocycles. The average Bonchev–Trinajstić information content (AvgIpc) is 2.03. The van der Waals surface area contributed by atoms with Crippen molar-refractivity contribution in [2.75, 3.05) is 25.1 Å². The molecule has 1 fully saturated rings. The van der Waals surface area contributed by atoms with Crippen molar-refractivity contribution in [2.24, 2.45) is 0 Å². The van der Waals surface area contributed by atoms with E-state index in [0.29, 0.717) is 0 Å². The van der Waals surface area contributed by atoms with Crippen LogP contribution in [0, 0.1) is 0 Å². The highest BCUT2D eigenvalue weighted by Crippen LogP contribution is 2.21. The van der Waals surface area contributed by atoms with E-state index in [2.05, 4.69) is 11.6 Å². The van der Waals surface area contributed by atoms with Crippen molar-refractivity contribution in [3.8, 4) is 0 Å². The molecule has 1 saturated heterocycles. The molecule has 1 atom stereocenters. The predicted molar refractivity (Wildman–Crippen MR) is 50.1 cm³/mol. The summed E-state index contributed by atoms with van der Waals surface area (Å²) in [7, 11) is 0. The largest absolute Gasteiger partial charge is 0.389 e. The molecular weight excluding hydrogens is 158 g/mol. The highest BCUT2D eigenvalue weighted by atomic mass is 32.2. The van der Waals surface area contributed by atoms with Gasteiger partial charge in [-0.1, -0.05) is 0 Å². The van der Waals surface area contributed by atoms with Crippen LogP contribution >= 0.6 is 11.8 Å². The fraction of sp³-hybridized carbons (Fsp3) is 1.00. The van der Waals surface area contributed by atoms with Gasteiger partial charge < -0.3 is 10.4 Å². The van der Waals surface area contributed by atoms with Crippen molar-refractivity contribution in [3.05, 3.63) is 0 Å². The van der Waals surface area contributed by atoms with Crippen LogP contribution in [0.5, 0.6) is 0 Å². The summed E-state index contributed by atoms with van der Waals surface area (Å²) in [4.78, 5) is 0. The summed E-state index contributed by atoms with van der Waals surface area (Å²) in [6.45, 7) is 1.86. The van der Waals surface area contributed by atoms with E-state index in [1.165, 1.54) is 0 Å². The van der Waals surface area contributed by atoms with E-state index >= 15 is 0 Å². The third-order valence-electron chi connectivity index (χ3n) is 2.22. The molecule has 0 aromatic rings. The first kappa shape index (κ1) is 9.36. The number of rotatable bonds is 3. The molecule has 2 nitrogen and oxygen atoms in total. The molecule has 0 bridgehead atoms. The molecule has 2 N–H and O–H groups in total. The SMILES string of the molecule is CSCCC1(O)CCCNC1. The van der Waals surface area contributed by atoms with Gasteiger partial charge in [0.1, 0.15) is 0 Å². The summed E-state index contributed by atoms with van der Waals surface area (Å²) in [5, 5.41) is 13.2. The van der Waals surface area contributed by atoms with Crippen LogP contribution in [0.3, 0.4) is 0 Å². The summed E-state index contributed by atoms with van der Waals surface area (Å²) >= 11 is 1.81. The van der Waals surface area contributed by atoms with E-state index in [4.69, 9.17) is 0 Å². The first-order valence-electron chi connectivity index (χ1n) is 4.19. The Hall–Kier alpha value is 0.270. The predicted octanol–water partition coefficient (Wildman–Crippen LogP) is 0.854. The molecule has 1 unspecified atom stereocenters. The maximum atomic E-state index is 9.93. The molecule has 1 heterocycles. The van der Waals surface area contributed by atoms with Crippen LogP contribution in [0.2, 0.25) is 0 Å². The molecule has 66 valence electrons. The summed E-state index contributed by atoms with van der Waals surface area (Å²) < 4.78 is 0. The molecule has 0 aliphatic carbocycles. The zero-order chi connectivity index (χ0) is 8.16. The standard InChI is InChI=1S/C8H17NOS/c1-11-6-4-8(10)3-2-5-9-7-8/h9-10H,2-7H2,1H3. The van der Waals surface area contributed by atoms with Crippen LogP contribution in [0.1, 0.15) is 19.3 Å². The molecule has 0 saturated carbocycles. The molecule has 3 heteroatoms. The van der Waals surface area contributed by atoms with Crippen LogP contribution in [0.15, 0.2) is 0 Å². The van der Waals surface area contributed by atoms with Crippen LogP contribution in [0.4, 0.5) is 0 Å². The van der Waals surface area contributed by atoms with Crippen LogP contribution in [-0.4, -0.2) is 35.8 Å². The molecular formula is C8H17NOS. The number of nitrogens with one attached hydrogen (secondary N) is 1. The Labute approximate surface area is 72.8 Å². The van der Waals surface area contributed by atoms with E-state index in [0.717, 1.165) is 38.1 Å². The minimum absolute atomic E-state index is 0.402. The number of β-amino-alcohol motifs (C(OH)–C–C–N with tert-alkyl or cyclic N) is 1. The lowest BCUT2D eigenvalue weighted by molar-refractivity contribution is 0.0142. The van der Waals surface area contributed by atoms with E-state index in [9.17, 15) is 5.11 Å². The van der Waals surface area contributed by atoms with Gasteiger partial charge in [-0.15, -0.1) is 0 Å². The van der Waals surface area contributed by atoms with Gasteiger partial charge in [-0.05, 0) is 37.8 Å². The number of thioether (sulfide) groups is 1. The van der Waals surface area contributed by atoms with Gasteiger partial charge in [-0.2, -0.15) is 11.8 Å². The van der Waals surface area contributed by atoms with Crippen molar-refractivity contribution >= 4 is 11.8 Å². The molecule has 11 heavy (non-hydrogen) atoms. The maximum Gasteiger partial charge on any atom is 0.0779 e. The molecule has 0 aromatic carbocycles. The molecule has 1 aliphatic rings. The van der Waals surface area contributed by atoms with Gasteiger partial charge in [-0.25, -0.2) is 0 Å². The molecule has 0 radical (unpaired) electrons. The Bertz CT molecular complexity index is 113. The second-order valence-corrected chi connectivity index (χ2v) is 4.23. The van der Waals surface area contributed by atoms with Gasteiger partial charge in [-0.3, -0.25) is 0 Å². The van der Waals surface area contributed by atoms with Crippen molar-refractivity contribution in [1.29, 1.82) is 0 Å². The van der Waals surface area contributed by atoms with E-state index < -0.39 is 5.60 Å². The maximum absolute atomic E-state index is 9.93. The van der Waals surface area contributed by atoms with Crippen molar-refractivity contribution in [1.82, 2.24) is 5.32 Å². The van der Waals surface area contributed by atoms with E-state index in [-0.39, 0.29) is 0 Å². The third kappa shape index (κ3) is 3.01. The van der Waals surface area contributed by atoms with Crippen molar-refractivity contribution in [3.63, 3.8) is 0 Å². The zero-order valence-electron chi connectivity index (χ0n) is 7.10. The second-order valence-electron chi connectivity index (χ2n) is 3.25. The van der Waals surface area contributed by atoms with Crippen LogP contribution < -0.4 is 5.32 Å². The third-order valence-corrected chi connectivity index (χ3v) is 2.83. The fourth-order valence-corrected chi connectivity index (χ4v) is 2.04. The Morgan fingerprint density at radius 1 is 1.64 bits per heavy atom. The van der Waals surface area contributed by atoms with Crippen molar-refractivity contribution < 1.29 is 5.11 Å². The highest BCUT2D eigenvalue weighted by Gasteiger charge is 2.27. The normalized spacial score (nSPS) is 32.2. The average molecular weight is 175 g/mol. The second kappa shape index (κ2) is 4.33. The highest BCUT2D eigenvalue weighted by molar-refractivity contribution is 7.98. The topological polar surface area (TPSA) is 32.3 Å². The lowest BCUT2D eigenvalue weighted by Gasteiger charge is -2.32.